The van der Waals surface area contributed by atoms with Crippen molar-refractivity contribution in [1.29, 1.82) is 0 Å². The Hall–Kier alpha value is -10.1. The highest BCUT2D eigenvalue weighted by atomic mass is 16.4. The van der Waals surface area contributed by atoms with Crippen LogP contribution >= 0.6 is 0 Å². The van der Waals surface area contributed by atoms with E-state index in [2.05, 4.69) is 63.2 Å². The third-order valence-corrected chi connectivity index (χ3v) is 18.7. The maximum Gasteiger partial charge on any atom is 0.325 e. The van der Waals surface area contributed by atoms with Crippen molar-refractivity contribution in [3.8, 4) is 0 Å². The summed E-state index contributed by atoms with van der Waals surface area (Å²) in [6.07, 6.45) is -4.68. The summed E-state index contributed by atoms with van der Waals surface area (Å²) < 4.78 is 0. The summed E-state index contributed by atoms with van der Waals surface area (Å²) in [4.78, 5) is 230. The van der Waals surface area contributed by atoms with Crippen LogP contribution in [0.5, 0.6) is 0 Å². The van der Waals surface area contributed by atoms with E-state index in [9.17, 15) is 102 Å². The number of nitrogens with zero attached hydrogens (tertiary/aromatic N) is 5. The number of aliphatic carboxylic acids is 3. The van der Waals surface area contributed by atoms with Crippen molar-refractivity contribution in [2.45, 2.75) is 268 Å². The fourth-order valence-electron chi connectivity index (χ4n) is 12.5. The minimum atomic E-state index is -1.77. The van der Waals surface area contributed by atoms with E-state index in [1.807, 2.05) is 0 Å². The van der Waals surface area contributed by atoms with E-state index < -0.39 is 217 Å². The van der Waals surface area contributed by atoms with Crippen molar-refractivity contribution in [3.05, 3.63) is 0 Å². The van der Waals surface area contributed by atoms with Crippen LogP contribution in [-0.2, 0) is 76.7 Å². The summed E-state index contributed by atoms with van der Waals surface area (Å²) in [5.74, 6) is -17.3. The molecule has 0 aromatic rings. The molecule has 3 rings (SSSR count). The molecule has 16 atom stereocenters. The Labute approximate surface area is 637 Å². The fraction of sp³-hybridized carbons (Fsp3) is 0.735. The Balaban J connectivity index is 1.89. The van der Waals surface area contributed by atoms with Crippen molar-refractivity contribution in [1.82, 2.24) is 67.9 Å². The third-order valence-electron chi connectivity index (χ3n) is 18.7. The second kappa shape index (κ2) is 46.4. The van der Waals surface area contributed by atoms with Gasteiger partial charge in [0.15, 0.2) is 11.9 Å². The molecule has 13 amide bonds. The molecular weight excluding hydrogens is 1450 g/mol. The number of carbonyl (C=O) groups excluding carboxylic acids is 13. The molecule has 42 nitrogen and oxygen atoms in total. The number of carboxylic acids is 3. The Morgan fingerprint density at radius 1 is 0.409 bits per heavy atom. The zero-order valence-corrected chi connectivity index (χ0v) is 63.8. The van der Waals surface area contributed by atoms with Crippen molar-refractivity contribution in [3.63, 3.8) is 0 Å². The lowest BCUT2D eigenvalue weighted by Crippen LogP contribution is -2.61. The van der Waals surface area contributed by atoms with E-state index in [4.69, 9.17) is 34.4 Å². The van der Waals surface area contributed by atoms with Gasteiger partial charge in [-0.3, -0.25) is 86.7 Å². The summed E-state index contributed by atoms with van der Waals surface area (Å²) in [5.41, 5.74) is 34.0. The zero-order valence-electron chi connectivity index (χ0n) is 63.8. The molecule has 27 N–H and O–H groups in total. The summed E-state index contributed by atoms with van der Waals surface area (Å²) in [6.45, 7) is 11.8. The van der Waals surface area contributed by atoms with Crippen LogP contribution in [0.2, 0.25) is 0 Å². The quantitative estimate of drug-likeness (QED) is 0.0153. The lowest BCUT2D eigenvalue weighted by Gasteiger charge is -2.32. The van der Waals surface area contributed by atoms with Gasteiger partial charge in [-0.05, 0) is 149 Å². The van der Waals surface area contributed by atoms with Gasteiger partial charge in [0, 0.05) is 45.6 Å². The van der Waals surface area contributed by atoms with Gasteiger partial charge in [0.2, 0.25) is 76.8 Å². The van der Waals surface area contributed by atoms with Gasteiger partial charge in [-0.15, -0.1) is 0 Å². The van der Waals surface area contributed by atoms with E-state index >= 15 is 0 Å². The van der Waals surface area contributed by atoms with Gasteiger partial charge in [-0.25, -0.2) is 0 Å². The highest BCUT2D eigenvalue weighted by Gasteiger charge is 2.45. The lowest BCUT2D eigenvalue weighted by molar-refractivity contribution is -0.144. The van der Waals surface area contributed by atoms with Crippen molar-refractivity contribution in [2.75, 3.05) is 39.3 Å². The minimum absolute atomic E-state index is 0.00535. The Morgan fingerprint density at radius 2 is 0.773 bits per heavy atom. The molecule has 3 fully saturated rings. The fourth-order valence-corrected chi connectivity index (χ4v) is 12.5. The second-order valence-corrected chi connectivity index (χ2v) is 28.6. The number of amides is 13. The molecule has 0 aromatic heterocycles. The average molecular weight is 1560 g/mol. The van der Waals surface area contributed by atoms with Crippen LogP contribution in [-0.4, -0.2) is 283 Å². The van der Waals surface area contributed by atoms with Gasteiger partial charge in [-0.2, -0.15) is 0 Å². The largest absolute Gasteiger partial charge is 0.481 e. The number of carboxylic acid groups (broad SMARTS) is 3. The molecule has 620 valence electrons. The van der Waals surface area contributed by atoms with E-state index in [1.165, 1.54) is 30.6 Å². The molecule has 3 heterocycles. The van der Waals surface area contributed by atoms with Crippen LogP contribution in [0.15, 0.2) is 9.98 Å². The molecule has 3 aliphatic heterocycles. The standard InChI is InChI=1S/C68H117N21O21/c1-33(2)32-44(57(100)78-36(6)66(109)110)84-62(105)51(37(7)90)85-56(99)39(16-9-10-26-69)79-54(97)40(17-11-27-75-67(71)72)80-55(98)41(22-24-48(92)93)81-59(102)46-20-14-30-88(46)64(107)43(23-25-49(94)95)82-53(96)35(5)77-58(101)45-19-13-29-87(45)63(106)42(18-12-28-76-68(73)74)83-61(104)52(38(8)91)86-60(103)47-21-15-31-89(47)65(108)50(70)34(3)4/h33-47,50-52,90-91H,9-32,69-70H2,1-8H3,(H,77,101)(H,78,100)(H,79,97)(H,80,98)(H,81,102)(H,82,96)(H,83,104)(H,84,105)(H,85,99)(H,86,103)(H,92,93)(H,94,95)(H,109,110)(H4,71,72,75)(H4,73,74,76)/t35-,36-,37+,38+,39-,40-,41-,42-,43-,44-,45-,46-,47-,50-,51-,52-/m0/s1. The first-order chi connectivity index (χ1) is 51.6. The monoisotopic (exact) mass is 1560 g/mol. The van der Waals surface area contributed by atoms with Gasteiger partial charge in [-0.1, -0.05) is 27.7 Å². The lowest BCUT2D eigenvalue weighted by atomic mass is 10.0. The van der Waals surface area contributed by atoms with Crippen LogP contribution in [0.4, 0.5) is 0 Å². The molecule has 0 saturated carbocycles. The predicted octanol–water partition coefficient (Wildman–Crippen LogP) is -7.31. The topological polar surface area (TPSA) is 685 Å². The molecule has 0 radical (unpaired) electrons. The van der Waals surface area contributed by atoms with E-state index in [-0.39, 0.29) is 140 Å². The first-order valence-electron chi connectivity index (χ1n) is 37.2. The molecule has 3 saturated heterocycles. The van der Waals surface area contributed by atoms with Gasteiger partial charge >= 0.3 is 17.9 Å². The van der Waals surface area contributed by atoms with Crippen LogP contribution in [0, 0.1) is 11.8 Å². The summed E-state index contributed by atoms with van der Waals surface area (Å²) >= 11 is 0. The van der Waals surface area contributed by atoms with E-state index in [1.54, 1.807) is 27.7 Å². The van der Waals surface area contributed by atoms with Gasteiger partial charge < -0.3 is 128 Å². The number of aliphatic imine (C=N–C) groups is 2. The van der Waals surface area contributed by atoms with Crippen LogP contribution in [0.25, 0.3) is 0 Å². The Kier molecular flexibility index (Phi) is 39.7. The minimum Gasteiger partial charge on any atom is -0.481 e. The number of carbonyl (C=O) groups is 16. The highest BCUT2D eigenvalue weighted by Crippen LogP contribution is 2.24. The average Bonchev–Trinajstić information content (AvgIpc) is 1.57. The molecule has 0 aliphatic carbocycles. The molecule has 0 unspecified atom stereocenters. The predicted molar refractivity (Wildman–Crippen MR) is 395 cm³/mol. The maximum absolute atomic E-state index is 14.6. The molecule has 3 aliphatic rings. The van der Waals surface area contributed by atoms with Crippen molar-refractivity contribution >= 4 is 107 Å². The number of hydrogen-bond donors (Lipinski definition) is 21. The van der Waals surface area contributed by atoms with Gasteiger partial charge in [0.1, 0.15) is 78.5 Å². The Morgan fingerprint density at radius 3 is 1.20 bits per heavy atom. The molecule has 110 heavy (non-hydrogen) atoms. The number of rotatable bonds is 47. The van der Waals surface area contributed by atoms with Crippen LogP contribution < -0.4 is 87.6 Å². The number of guanidine groups is 2. The van der Waals surface area contributed by atoms with E-state index in [0.717, 1.165) is 11.8 Å². The van der Waals surface area contributed by atoms with Gasteiger partial charge in [0.25, 0.3) is 0 Å². The summed E-state index contributed by atoms with van der Waals surface area (Å²) in [7, 11) is 0. The zero-order chi connectivity index (χ0) is 83.0. The molecule has 0 spiro atoms. The first kappa shape index (κ1) is 94.1. The molecule has 42 heteroatoms. The number of hydrogen-bond acceptors (Lipinski definition) is 22. The van der Waals surface area contributed by atoms with E-state index in [0.29, 0.717) is 12.8 Å². The number of likely N-dealkylation sites (tertiary alicyclic amines) is 3. The normalized spacial score (nSPS) is 19.0. The van der Waals surface area contributed by atoms with Gasteiger partial charge in [0.05, 0.1) is 18.2 Å². The number of aliphatic hydroxyl groups is 2. The number of nitrogens with two attached hydrogens (primary N) is 6. The smallest absolute Gasteiger partial charge is 0.325 e. The number of unbranched alkanes of at least 4 members (excludes halogenated alkanes) is 1. The van der Waals surface area contributed by atoms with Crippen LogP contribution in [0.3, 0.4) is 0 Å². The third kappa shape index (κ3) is 30.7. The SMILES string of the molecule is CC(C)C[C@H](NC(=O)[C@@H](NC(=O)[C@H](CCCCN)NC(=O)[C@H](CCCN=C(N)N)NC(=O)[C@H](CCC(=O)O)NC(=O)[C@@H]1CCCN1C(=O)[C@H](CCC(=O)O)NC(=O)[C@H](C)NC(=O)[C@@H]1CCCN1C(=O)[C@H](CCCN=C(N)N)NC(=O)[C@@H](NC(=O)[C@@H]1CCCN1C(=O)[C@@H](N)C(C)C)[C@@H](C)O)[C@@H](C)O)C(=O)N[C@@H](C)C(=O)O. The number of aliphatic hydroxyl groups excluding tert-OH is 2. The second-order valence-electron chi connectivity index (χ2n) is 28.6. The first-order valence-corrected chi connectivity index (χ1v) is 37.2. The van der Waals surface area contributed by atoms with Crippen molar-refractivity contribution in [2.24, 2.45) is 56.2 Å². The van der Waals surface area contributed by atoms with Crippen LogP contribution in [0.1, 0.15) is 171 Å². The summed E-state index contributed by atoms with van der Waals surface area (Å²) in [5, 5.41) is 75.3. The molecule has 0 aromatic carbocycles. The molecule has 0 bridgehead atoms. The molecular formula is C68H117N21O21. The summed E-state index contributed by atoms with van der Waals surface area (Å²) in [6, 6.07) is -20.3. The maximum atomic E-state index is 14.6. The van der Waals surface area contributed by atoms with Crippen molar-refractivity contribution < 1.29 is 102 Å². The Bertz CT molecular complexity index is 3280. The highest BCUT2D eigenvalue weighted by molar-refractivity contribution is 6.01. The number of nitrogens with one attached hydrogen (secondary N) is 10.